The van der Waals surface area contributed by atoms with Crippen molar-refractivity contribution < 1.29 is 0 Å². The average Bonchev–Trinajstić information content (AvgIpc) is 2.93. The summed E-state index contributed by atoms with van der Waals surface area (Å²) in [5.41, 5.74) is 4.03. The van der Waals surface area contributed by atoms with E-state index in [1.165, 1.54) is 4.88 Å². The van der Waals surface area contributed by atoms with Crippen LogP contribution in [-0.4, -0.2) is 26.5 Å². The Morgan fingerprint density at radius 3 is 2.89 bits per heavy atom. The van der Waals surface area contributed by atoms with Gasteiger partial charge in [0.1, 0.15) is 0 Å². The van der Waals surface area contributed by atoms with Crippen molar-refractivity contribution in [2.75, 3.05) is 6.54 Å². The molecule has 0 bridgehead atoms. The van der Waals surface area contributed by atoms with Gasteiger partial charge in [-0.05, 0) is 19.9 Å². The highest BCUT2D eigenvalue weighted by molar-refractivity contribution is 7.09. The van der Waals surface area contributed by atoms with E-state index in [1.807, 2.05) is 18.8 Å². The van der Waals surface area contributed by atoms with E-state index in [4.69, 9.17) is 0 Å². The van der Waals surface area contributed by atoms with Crippen molar-refractivity contribution in [3.05, 3.63) is 28.0 Å². The molecule has 98 valence electrons. The molecule has 0 amide bonds. The normalized spacial score (nSPS) is 12.8. The van der Waals surface area contributed by atoms with Crippen LogP contribution in [0.25, 0.3) is 0 Å². The minimum atomic E-state index is 0.286. The Labute approximate surface area is 111 Å². The Morgan fingerprint density at radius 2 is 2.33 bits per heavy atom. The molecule has 0 aliphatic rings. The molecule has 2 aromatic heterocycles. The van der Waals surface area contributed by atoms with Gasteiger partial charge in [-0.2, -0.15) is 0 Å². The van der Waals surface area contributed by atoms with Gasteiger partial charge in [-0.15, -0.1) is 16.4 Å². The first-order valence-electron chi connectivity index (χ1n) is 6.19. The first-order valence-corrected chi connectivity index (χ1v) is 7.07. The maximum absolute atomic E-state index is 4.33. The fraction of sp³-hybridized carbons (Fsp3) is 0.583. The molecule has 18 heavy (non-hydrogen) atoms. The van der Waals surface area contributed by atoms with Crippen LogP contribution in [0.1, 0.15) is 35.7 Å². The maximum atomic E-state index is 4.33. The van der Waals surface area contributed by atoms with E-state index in [0.717, 1.165) is 30.8 Å². The average molecular weight is 265 g/mol. The van der Waals surface area contributed by atoms with Crippen molar-refractivity contribution in [1.82, 2.24) is 25.3 Å². The summed E-state index contributed by atoms with van der Waals surface area (Å²) in [6.45, 7) is 5.23. The smallest absolute Gasteiger partial charge is 0.0846 e. The second-order valence-corrected chi connectivity index (χ2v) is 5.28. The summed E-state index contributed by atoms with van der Waals surface area (Å²) in [5, 5.41) is 11.7. The predicted octanol–water partition coefficient (Wildman–Crippen LogP) is 1.86. The number of hydrogen-bond donors (Lipinski definition) is 1. The summed E-state index contributed by atoms with van der Waals surface area (Å²) in [5.74, 6) is 0. The van der Waals surface area contributed by atoms with Crippen LogP contribution in [0.15, 0.2) is 11.7 Å². The molecule has 0 aliphatic heterocycles. The lowest BCUT2D eigenvalue weighted by Crippen LogP contribution is -2.24. The van der Waals surface area contributed by atoms with Gasteiger partial charge in [0.2, 0.25) is 0 Å². The molecule has 1 atom stereocenters. The highest BCUT2D eigenvalue weighted by atomic mass is 32.1. The fourth-order valence-corrected chi connectivity index (χ4v) is 2.80. The Hall–Kier alpha value is -1.27. The molecule has 6 heteroatoms. The highest BCUT2D eigenvalue weighted by Crippen LogP contribution is 2.24. The summed E-state index contributed by atoms with van der Waals surface area (Å²) < 4.78 is 1.74. The van der Waals surface area contributed by atoms with Gasteiger partial charge in [0.05, 0.1) is 16.9 Å². The standard InChI is InChI=1S/C12H19N5S/c1-4-5-13-11(12-9(2)14-8-18-12)6-10-7-17(3)16-15-10/h7-8,11,13H,4-6H2,1-3H3. The quantitative estimate of drug-likeness (QED) is 0.866. The molecule has 0 aliphatic carbocycles. The molecule has 2 heterocycles. The molecule has 0 saturated carbocycles. The summed E-state index contributed by atoms with van der Waals surface area (Å²) in [4.78, 5) is 5.63. The highest BCUT2D eigenvalue weighted by Gasteiger charge is 2.17. The van der Waals surface area contributed by atoms with Crippen LogP contribution in [0, 0.1) is 6.92 Å². The molecule has 1 N–H and O–H groups in total. The van der Waals surface area contributed by atoms with Gasteiger partial charge in [0.15, 0.2) is 0 Å². The Morgan fingerprint density at radius 1 is 1.50 bits per heavy atom. The second kappa shape index (κ2) is 6.06. The van der Waals surface area contributed by atoms with E-state index in [-0.39, 0.29) is 6.04 Å². The summed E-state index contributed by atoms with van der Waals surface area (Å²) in [7, 11) is 1.89. The largest absolute Gasteiger partial charge is 0.309 e. The van der Waals surface area contributed by atoms with Crippen molar-refractivity contribution in [2.45, 2.75) is 32.7 Å². The molecular formula is C12H19N5S. The zero-order chi connectivity index (χ0) is 13.0. The van der Waals surface area contributed by atoms with Crippen LogP contribution in [0.2, 0.25) is 0 Å². The summed E-state index contributed by atoms with van der Waals surface area (Å²) >= 11 is 1.71. The van der Waals surface area contributed by atoms with Crippen molar-refractivity contribution >= 4 is 11.3 Å². The minimum Gasteiger partial charge on any atom is -0.309 e. The summed E-state index contributed by atoms with van der Waals surface area (Å²) in [6.07, 6.45) is 3.95. The lowest BCUT2D eigenvalue weighted by molar-refractivity contribution is 0.528. The van der Waals surface area contributed by atoms with Crippen LogP contribution in [0.3, 0.4) is 0 Å². The lowest BCUT2D eigenvalue weighted by Gasteiger charge is -2.16. The van der Waals surface area contributed by atoms with Crippen LogP contribution in [0.4, 0.5) is 0 Å². The molecule has 0 aromatic carbocycles. The van der Waals surface area contributed by atoms with Gasteiger partial charge in [0.25, 0.3) is 0 Å². The third-order valence-electron chi connectivity index (χ3n) is 2.80. The molecule has 0 fully saturated rings. The second-order valence-electron chi connectivity index (χ2n) is 4.40. The van der Waals surface area contributed by atoms with Crippen LogP contribution in [-0.2, 0) is 13.5 Å². The van der Waals surface area contributed by atoms with Gasteiger partial charge in [0, 0.05) is 30.6 Å². The number of nitrogens with one attached hydrogen (secondary N) is 1. The van der Waals surface area contributed by atoms with E-state index in [2.05, 4.69) is 34.5 Å². The van der Waals surface area contributed by atoms with Crippen LogP contribution in [0.5, 0.6) is 0 Å². The number of nitrogens with zero attached hydrogens (tertiary/aromatic N) is 4. The Bertz CT molecular complexity index is 490. The first-order chi connectivity index (χ1) is 8.70. The molecule has 5 nitrogen and oxygen atoms in total. The SMILES string of the molecule is CCCNC(Cc1cn(C)nn1)c1scnc1C. The number of aromatic nitrogens is 4. The van der Waals surface area contributed by atoms with Crippen molar-refractivity contribution in [2.24, 2.45) is 7.05 Å². The zero-order valence-corrected chi connectivity index (χ0v) is 11.9. The number of hydrogen-bond acceptors (Lipinski definition) is 5. The van der Waals surface area contributed by atoms with Gasteiger partial charge in [-0.1, -0.05) is 12.1 Å². The molecule has 0 radical (unpaired) electrons. The van der Waals surface area contributed by atoms with Crippen LogP contribution >= 0.6 is 11.3 Å². The minimum absolute atomic E-state index is 0.286. The molecule has 2 rings (SSSR count). The molecule has 0 spiro atoms. The van der Waals surface area contributed by atoms with E-state index < -0.39 is 0 Å². The van der Waals surface area contributed by atoms with E-state index >= 15 is 0 Å². The van der Waals surface area contributed by atoms with Crippen molar-refractivity contribution in [3.63, 3.8) is 0 Å². The maximum Gasteiger partial charge on any atom is 0.0846 e. The molecule has 1 unspecified atom stereocenters. The number of thiazole rings is 1. The molecular weight excluding hydrogens is 246 g/mol. The predicted molar refractivity (Wildman–Crippen MR) is 72.6 cm³/mol. The zero-order valence-electron chi connectivity index (χ0n) is 11.1. The van der Waals surface area contributed by atoms with E-state index in [9.17, 15) is 0 Å². The topological polar surface area (TPSA) is 55.6 Å². The number of rotatable bonds is 6. The van der Waals surface area contributed by atoms with Crippen molar-refractivity contribution in [1.29, 1.82) is 0 Å². The van der Waals surface area contributed by atoms with Crippen molar-refractivity contribution in [3.8, 4) is 0 Å². The van der Waals surface area contributed by atoms with Gasteiger partial charge in [-0.3, -0.25) is 4.68 Å². The Kier molecular flexibility index (Phi) is 4.43. The van der Waals surface area contributed by atoms with Gasteiger partial charge in [-0.25, -0.2) is 4.98 Å². The lowest BCUT2D eigenvalue weighted by atomic mass is 10.1. The van der Waals surface area contributed by atoms with Crippen LogP contribution < -0.4 is 5.32 Å². The number of aryl methyl sites for hydroxylation is 2. The Balaban J connectivity index is 2.12. The van der Waals surface area contributed by atoms with E-state index in [1.54, 1.807) is 16.0 Å². The molecule has 0 saturated heterocycles. The fourth-order valence-electron chi connectivity index (χ4n) is 1.92. The third kappa shape index (κ3) is 3.14. The third-order valence-corrected chi connectivity index (χ3v) is 3.85. The van der Waals surface area contributed by atoms with Gasteiger partial charge < -0.3 is 5.32 Å². The van der Waals surface area contributed by atoms with Gasteiger partial charge >= 0.3 is 0 Å². The molecule has 2 aromatic rings. The monoisotopic (exact) mass is 265 g/mol. The summed E-state index contributed by atoms with van der Waals surface area (Å²) in [6, 6.07) is 0.286. The van der Waals surface area contributed by atoms with E-state index in [0.29, 0.717) is 0 Å². The first kappa shape index (κ1) is 13.2.